The van der Waals surface area contributed by atoms with E-state index in [2.05, 4.69) is 0 Å². The zero-order chi connectivity index (χ0) is 15.5. The summed E-state index contributed by atoms with van der Waals surface area (Å²) in [4.78, 5) is 25.7. The normalized spacial score (nSPS) is 21.3. The highest BCUT2D eigenvalue weighted by Crippen LogP contribution is 2.34. The maximum atomic E-state index is 12.6. The Morgan fingerprint density at radius 3 is 2.48 bits per heavy atom. The molecule has 5 heteroatoms. The second kappa shape index (κ2) is 6.16. The Balaban J connectivity index is 2.24. The molecule has 1 fully saturated rings. The second-order valence-electron chi connectivity index (χ2n) is 5.21. The van der Waals surface area contributed by atoms with Crippen molar-refractivity contribution >= 4 is 11.9 Å². The van der Waals surface area contributed by atoms with Crippen LogP contribution in [0.25, 0.3) is 0 Å². The number of hydrogen-bond acceptors (Lipinski definition) is 3. The number of benzene rings is 1. The third-order valence-corrected chi connectivity index (χ3v) is 4.13. The number of carboxylic acids is 1. The number of aliphatic carboxylic acids is 1. The standard InChI is InChI=1S/C16H21NO4/c1-3-16(15(19)20)10-5-11-17(16)14(18)12-6-8-13(9-7-12)21-4-2/h6-9H,3-5,10-11H2,1-2H3,(H,19,20). The van der Waals surface area contributed by atoms with Gasteiger partial charge < -0.3 is 14.7 Å². The van der Waals surface area contributed by atoms with E-state index in [1.54, 1.807) is 24.3 Å². The van der Waals surface area contributed by atoms with Crippen molar-refractivity contribution in [1.82, 2.24) is 4.90 Å². The summed E-state index contributed by atoms with van der Waals surface area (Å²) >= 11 is 0. The van der Waals surface area contributed by atoms with Gasteiger partial charge in [-0.25, -0.2) is 4.79 Å². The van der Waals surface area contributed by atoms with Crippen molar-refractivity contribution in [2.45, 2.75) is 38.6 Å². The molecular weight excluding hydrogens is 270 g/mol. The molecule has 1 unspecified atom stereocenters. The van der Waals surface area contributed by atoms with Crippen LogP contribution in [0.1, 0.15) is 43.5 Å². The molecule has 21 heavy (non-hydrogen) atoms. The van der Waals surface area contributed by atoms with E-state index < -0.39 is 11.5 Å². The van der Waals surface area contributed by atoms with Crippen LogP contribution in [0.3, 0.4) is 0 Å². The lowest BCUT2D eigenvalue weighted by atomic mass is 9.92. The van der Waals surface area contributed by atoms with Gasteiger partial charge in [-0.05, 0) is 50.5 Å². The number of amides is 1. The van der Waals surface area contributed by atoms with E-state index in [-0.39, 0.29) is 5.91 Å². The van der Waals surface area contributed by atoms with Crippen LogP contribution >= 0.6 is 0 Å². The predicted octanol–water partition coefficient (Wildman–Crippen LogP) is 2.55. The number of carbonyl (C=O) groups excluding carboxylic acids is 1. The molecule has 1 heterocycles. The molecule has 1 aliphatic heterocycles. The highest BCUT2D eigenvalue weighted by atomic mass is 16.5. The Morgan fingerprint density at radius 1 is 1.29 bits per heavy atom. The van der Waals surface area contributed by atoms with Crippen molar-refractivity contribution in [1.29, 1.82) is 0 Å². The maximum absolute atomic E-state index is 12.6. The summed E-state index contributed by atoms with van der Waals surface area (Å²) in [5, 5.41) is 9.53. The summed E-state index contributed by atoms with van der Waals surface area (Å²) in [5.74, 6) is -0.433. The van der Waals surface area contributed by atoms with Crippen LogP contribution < -0.4 is 4.74 Å². The van der Waals surface area contributed by atoms with Crippen molar-refractivity contribution in [3.05, 3.63) is 29.8 Å². The number of rotatable bonds is 5. The van der Waals surface area contributed by atoms with E-state index in [1.165, 1.54) is 4.90 Å². The highest BCUT2D eigenvalue weighted by Gasteiger charge is 2.48. The first-order chi connectivity index (χ1) is 10.0. The number of carbonyl (C=O) groups is 2. The Bertz CT molecular complexity index is 526. The Labute approximate surface area is 124 Å². The lowest BCUT2D eigenvalue weighted by Crippen LogP contribution is -2.52. The predicted molar refractivity (Wildman–Crippen MR) is 78.5 cm³/mol. The third kappa shape index (κ3) is 2.73. The molecule has 1 aromatic carbocycles. The molecule has 1 N–H and O–H groups in total. The lowest BCUT2D eigenvalue weighted by Gasteiger charge is -2.34. The summed E-state index contributed by atoms with van der Waals surface area (Å²) in [6, 6.07) is 6.85. The van der Waals surface area contributed by atoms with Gasteiger partial charge in [0.1, 0.15) is 11.3 Å². The first-order valence-electron chi connectivity index (χ1n) is 7.33. The molecule has 1 aliphatic rings. The van der Waals surface area contributed by atoms with Gasteiger partial charge in [-0.15, -0.1) is 0 Å². The van der Waals surface area contributed by atoms with Crippen LogP contribution in [0, 0.1) is 0 Å². The van der Waals surface area contributed by atoms with E-state index in [0.717, 1.165) is 6.42 Å². The fourth-order valence-corrected chi connectivity index (χ4v) is 2.93. The molecule has 1 atom stereocenters. The lowest BCUT2D eigenvalue weighted by molar-refractivity contribution is -0.148. The topological polar surface area (TPSA) is 66.8 Å². The van der Waals surface area contributed by atoms with Crippen LogP contribution in [-0.2, 0) is 4.79 Å². The molecule has 0 saturated carbocycles. The zero-order valence-corrected chi connectivity index (χ0v) is 12.5. The molecule has 0 bridgehead atoms. The van der Waals surface area contributed by atoms with Gasteiger partial charge in [-0.3, -0.25) is 4.79 Å². The number of carboxylic acid groups (broad SMARTS) is 1. The number of likely N-dealkylation sites (tertiary alicyclic amines) is 1. The Hall–Kier alpha value is -2.04. The van der Waals surface area contributed by atoms with Crippen LogP contribution in [0.15, 0.2) is 24.3 Å². The van der Waals surface area contributed by atoms with E-state index in [0.29, 0.717) is 37.3 Å². The largest absolute Gasteiger partial charge is 0.494 e. The summed E-state index contributed by atoms with van der Waals surface area (Å²) < 4.78 is 5.35. The Kier molecular flexibility index (Phi) is 4.50. The minimum absolute atomic E-state index is 0.222. The summed E-state index contributed by atoms with van der Waals surface area (Å²) in [6.07, 6.45) is 1.66. The molecule has 0 radical (unpaired) electrons. The van der Waals surface area contributed by atoms with Gasteiger partial charge in [0.2, 0.25) is 0 Å². The average molecular weight is 291 g/mol. The molecule has 1 amide bonds. The summed E-state index contributed by atoms with van der Waals surface area (Å²) in [6.45, 7) is 4.77. The molecule has 114 valence electrons. The van der Waals surface area contributed by atoms with Gasteiger partial charge >= 0.3 is 5.97 Å². The maximum Gasteiger partial charge on any atom is 0.329 e. The SMILES string of the molecule is CCOc1ccc(C(=O)N2CCCC2(CC)C(=O)O)cc1. The number of nitrogens with zero attached hydrogens (tertiary/aromatic N) is 1. The fraction of sp³-hybridized carbons (Fsp3) is 0.500. The number of ether oxygens (including phenoxy) is 1. The molecule has 1 aromatic rings. The molecule has 1 saturated heterocycles. The van der Waals surface area contributed by atoms with Gasteiger partial charge in [-0.1, -0.05) is 6.92 Å². The van der Waals surface area contributed by atoms with Gasteiger partial charge in [-0.2, -0.15) is 0 Å². The fourth-order valence-electron chi connectivity index (χ4n) is 2.93. The van der Waals surface area contributed by atoms with Gasteiger partial charge in [0.15, 0.2) is 0 Å². The molecule has 0 spiro atoms. The number of hydrogen-bond donors (Lipinski definition) is 1. The van der Waals surface area contributed by atoms with Crippen molar-refractivity contribution in [2.75, 3.05) is 13.2 Å². The first kappa shape index (κ1) is 15.4. The van der Waals surface area contributed by atoms with E-state index >= 15 is 0 Å². The van der Waals surface area contributed by atoms with Gasteiger partial charge in [0.25, 0.3) is 5.91 Å². The van der Waals surface area contributed by atoms with Crippen LogP contribution in [0.2, 0.25) is 0 Å². The smallest absolute Gasteiger partial charge is 0.329 e. The molecule has 5 nitrogen and oxygen atoms in total. The van der Waals surface area contributed by atoms with Gasteiger partial charge in [0.05, 0.1) is 6.61 Å². The first-order valence-corrected chi connectivity index (χ1v) is 7.33. The quantitative estimate of drug-likeness (QED) is 0.905. The zero-order valence-electron chi connectivity index (χ0n) is 12.5. The van der Waals surface area contributed by atoms with Crippen LogP contribution in [0.4, 0.5) is 0 Å². The van der Waals surface area contributed by atoms with Crippen LogP contribution in [-0.4, -0.2) is 40.6 Å². The molecular formula is C16H21NO4. The second-order valence-corrected chi connectivity index (χ2v) is 5.21. The van der Waals surface area contributed by atoms with Gasteiger partial charge in [0, 0.05) is 12.1 Å². The van der Waals surface area contributed by atoms with E-state index in [1.807, 2.05) is 13.8 Å². The third-order valence-electron chi connectivity index (χ3n) is 4.13. The van der Waals surface area contributed by atoms with Crippen molar-refractivity contribution in [3.8, 4) is 5.75 Å². The minimum Gasteiger partial charge on any atom is -0.494 e. The van der Waals surface area contributed by atoms with Crippen molar-refractivity contribution in [2.24, 2.45) is 0 Å². The summed E-state index contributed by atoms with van der Waals surface area (Å²) in [7, 11) is 0. The van der Waals surface area contributed by atoms with Crippen molar-refractivity contribution < 1.29 is 19.4 Å². The Morgan fingerprint density at radius 2 is 1.95 bits per heavy atom. The van der Waals surface area contributed by atoms with E-state index in [4.69, 9.17) is 4.74 Å². The average Bonchev–Trinajstić information content (AvgIpc) is 2.93. The molecule has 0 aromatic heterocycles. The summed E-state index contributed by atoms with van der Waals surface area (Å²) in [5.41, 5.74) is -0.560. The highest BCUT2D eigenvalue weighted by molar-refractivity contribution is 5.98. The molecule has 2 rings (SSSR count). The monoisotopic (exact) mass is 291 g/mol. The van der Waals surface area contributed by atoms with Crippen molar-refractivity contribution in [3.63, 3.8) is 0 Å². The molecule has 0 aliphatic carbocycles. The minimum atomic E-state index is -1.06. The van der Waals surface area contributed by atoms with E-state index in [9.17, 15) is 14.7 Å². The van der Waals surface area contributed by atoms with Crippen LogP contribution in [0.5, 0.6) is 5.75 Å².